The van der Waals surface area contributed by atoms with Crippen molar-refractivity contribution >= 4 is 64.0 Å². The Balaban J connectivity index is 1.42. The van der Waals surface area contributed by atoms with Gasteiger partial charge in [0.25, 0.3) is 12.0 Å². The second-order valence-electron chi connectivity index (χ2n) is 19.4. The first-order valence-electron chi connectivity index (χ1n) is 21.3. The Labute approximate surface area is 388 Å². The Hall–Kier alpha value is -6.45. The maximum absolute atomic E-state index is 13.5. The molecule has 3 aromatic rings. The third kappa shape index (κ3) is 17.8. The number of hydrogen-bond donors (Lipinski definition) is 4. The number of amides is 4. The minimum absolute atomic E-state index is 0.0412. The molecule has 0 unspecified atom stereocenters. The molecule has 22 heteroatoms. The SMILES string of the molecule is CC(C)(C)OC(=O)NCCCn1cc(NC(=O)c2ccc(OC[C@H](O/N=C(\C(=O)O)c3csc(NC(=O)OC(C)(C)C)n3)C(=O)OC(C)(C)C)cc2)c[n+]1CC1CN(C(=O)OC(C)(C)C)C1. The van der Waals surface area contributed by atoms with Crippen molar-refractivity contribution in [2.75, 3.05) is 36.9 Å². The Bertz CT molecular complexity index is 2220. The van der Waals surface area contributed by atoms with Gasteiger partial charge in [0.15, 0.2) is 11.7 Å². The summed E-state index contributed by atoms with van der Waals surface area (Å²) in [5.41, 5.74) is -2.96. The van der Waals surface area contributed by atoms with Crippen LogP contribution < -0.4 is 25.4 Å². The summed E-state index contributed by atoms with van der Waals surface area (Å²) in [6.07, 6.45) is 0.939. The number of alkyl carbamates (subject to hydrolysis) is 1. The van der Waals surface area contributed by atoms with Crippen molar-refractivity contribution in [3.63, 3.8) is 0 Å². The molecule has 0 bridgehead atoms. The molecule has 362 valence electrons. The number of likely N-dealkylation sites (tertiary alicyclic amines) is 1. The standard InChI is InChI=1S/C44H62N8O13S/c1-41(2,3)61-36(56)32(65-49-33(35(54)55)31-26-66-37(47-31)48-39(58)63-43(7,8)9)25-60-30-16-14-28(15-17-30)34(53)46-29-23-51(19-13-18-45-38(57)62-42(4,5)6)52(24-29)22-27-20-50(21-27)40(59)64-44(10,11)12/h14-17,23-24,26-27,32H,13,18-22,25H2,1-12H3,(H3-,45,46,47,48,53,54,55,57,58)/p+1/b49-33-/t32-/m0/s1. The number of rotatable bonds is 17. The summed E-state index contributed by atoms with van der Waals surface area (Å²) in [5, 5.41) is 23.1. The highest BCUT2D eigenvalue weighted by atomic mass is 32.1. The fraction of sp³-hybridized carbons (Fsp3) is 0.568. The van der Waals surface area contributed by atoms with E-state index in [0.29, 0.717) is 44.8 Å². The first-order valence-corrected chi connectivity index (χ1v) is 22.2. The van der Waals surface area contributed by atoms with E-state index in [1.807, 2.05) is 30.1 Å². The second-order valence-corrected chi connectivity index (χ2v) is 20.2. The van der Waals surface area contributed by atoms with Crippen molar-refractivity contribution in [3.05, 3.63) is 53.3 Å². The van der Waals surface area contributed by atoms with E-state index in [-0.39, 0.29) is 34.1 Å². The number of aryl methyl sites for hydroxylation is 1. The van der Waals surface area contributed by atoms with Crippen LogP contribution in [0.15, 0.2) is 47.2 Å². The number of aromatic nitrogens is 3. The summed E-state index contributed by atoms with van der Waals surface area (Å²) >= 11 is 0.924. The van der Waals surface area contributed by atoms with Crippen LogP contribution in [0.4, 0.5) is 25.2 Å². The molecule has 1 atom stereocenters. The van der Waals surface area contributed by atoms with Crippen LogP contribution in [0, 0.1) is 5.92 Å². The minimum Gasteiger partial charge on any atom is -0.489 e. The van der Waals surface area contributed by atoms with Gasteiger partial charge in [0.05, 0.1) is 18.7 Å². The number of nitrogens with one attached hydrogen (secondary N) is 3. The van der Waals surface area contributed by atoms with Crippen LogP contribution in [0.3, 0.4) is 0 Å². The molecule has 1 saturated heterocycles. The number of nitrogens with zero attached hydrogens (tertiary/aromatic N) is 5. The zero-order chi connectivity index (χ0) is 49.2. The molecular formula is C44H63N8O13S+. The number of carboxylic acids is 1. The molecule has 66 heavy (non-hydrogen) atoms. The minimum atomic E-state index is -1.54. The number of carbonyl (C=O) groups is 6. The lowest BCUT2D eigenvalue weighted by Crippen LogP contribution is -2.58. The van der Waals surface area contributed by atoms with E-state index in [2.05, 4.69) is 26.1 Å². The van der Waals surface area contributed by atoms with Gasteiger partial charge in [0.1, 0.15) is 46.1 Å². The second kappa shape index (κ2) is 21.7. The number of anilines is 2. The Morgan fingerprint density at radius 3 is 2.05 bits per heavy atom. The summed E-state index contributed by atoms with van der Waals surface area (Å²) < 4.78 is 31.2. The van der Waals surface area contributed by atoms with Crippen LogP contribution in [-0.2, 0) is 46.5 Å². The average molecular weight is 944 g/mol. The van der Waals surface area contributed by atoms with Crippen LogP contribution in [0.2, 0.25) is 0 Å². The van der Waals surface area contributed by atoms with Gasteiger partial charge >= 0.3 is 30.2 Å². The zero-order valence-electron chi connectivity index (χ0n) is 39.6. The van der Waals surface area contributed by atoms with Crippen molar-refractivity contribution in [1.29, 1.82) is 0 Å². The molecule has 1 aliphatic rings. The summed E-state index contributed by atoms with van der Waals surface area (Å²) in [6, 6.07) is 6.06. The predicted octanol–water partition coefficient (Wildman–Crippen LogP) is 6.21. The molecule has 2 aromatic heterocycles. The lowest BCUT2D eigenvalue weighted by molar-refractivity contribution is -0.781. The van der Waals surface area contributed by atoms with E-state index < -0.39 is 70.9 Å². The van der Waals surface area contributed by atoms with Crippen molar-refractivity contribution in [2.45, 2.75) is 131 Å². The fourth-order valence-corrected chi connectivity index (χ4v) is 6.50. The Morgan fingerprint density at radius 1 is 0.848 bits per heavy atom. The van der Waals surface area contributed by atoms with Gasteiger partial charge in [-0.25, -0.2) is 29.0 Å². The van der Waals surface area contributed by atoms with Gasteiger partial charge in [-0.3, -0.25) is 10.1 Å². The third-order valence-corrected chi connectivity index (χ3v) is 9.22. The highest BCUT2D eigenvalue weighted by molar-refractivity contribution is 7.14. The molecule has 0 aliphatic carbocycles. The van der Waals surface area contributed by atoms with E-state index in [4.69, 9.17) is 28.5 Å². The van der Waals surface area contributed by atoms with Crippen LogP contribution in [0.25, 0.3) is 0 Å². The van der Waals surface area contributed by atoms with Gasteiger partial charge < -0.3 is 49.2 Å². The number of esters is 1. The van der Waals surface area contributed by atoms with E-state index in [0.717, 1.165) is 11.3 Å². The number of benzene rings is 1. The van der Waals surface area contributed by atoms with Gasteiger partial charge in [-0.05, 0) is 114 Å². The summed E-state index contributed by atoms with van der Waals surface area (Å²) in [5.74, 6) is -2.45. The predicted molar refractivity (Wildman–Crippen MR) is 242 cm³/mol. The van der Waals surface area contributed by atoms with E-state index in [1.165, 1.54) is 29.6 Å². The largest absolute Gasteiger partial charge is 0.489 e. The molecule has 1 fully saturated rings. The molecule has 0 spiro atoms. The number of thiazole rings is 1. The van der Waals surface area contributed by atoms with Crippen LogP contribution >= 0.6 is 11.3 Å². The molecule has 1 aromatic carbocycles. The van der Waals surface area contributed by atoms with Crippen molar-refractivity contribution in [2.24, 2.45) is 11.1 Å². The number of oxime groups is 1. The molecule has 0 saturated carbocycles. The third-order valence-electron chi connectivity index (χ3n) is 8.47. The number of carboxylic acid groups (broad SMARTS) is 1. The van der Waals surface area contributed by atoms with Crippen LogP contribution in [0.1, 0.15) is 106 Å². The monoisotopic (exact) mass is 943 g/mol. The summed E-state index contributed by atoms with van der Waals surface area (Å²) in [7, 11) is 0. The molecule has 4 rings (SSSR count). The van der Waals surface area contributed by atoms with Crippen LogP contribution in [0.5, 0.6) is 5.75 Å². The van der Waals surface area contributed by atoms with Gasteiger partial charge in [-0.2, -0.15) is 4.68 Å². The number of aliphatic carboxylic acids is 1. The normalized spacial score (nSPS) is 14.0. The van der Waals surface area contributed by atoms with E-state index in [9.17, 15) is 33.9 Å². The van der Waals surface area contributed by atoms with Gasteiger partial charge in [0, 0.05) is 30.6 Å². The average Bonchev–Trinajstić information content (AvgIpc) is 3.75. The maximum Gasteiger partial charge on any atom is 0.413 e. The zero-order valence-corrected chi connectivity index (χ0v) is 40.5. The molecule has 0 radical (unpaired) electrons. The summed E-state index contributed by atoms with van der Waals surface area (Å²) in [6.45, 7) is 22.7. The lowest BCUT2D eigenvalue weighted by Gasteiger charge is -2.38. The number of ether oxygens (including phenoxy) is 5. The fourth-order valence-electron chi connectivity index (χ4n) is 5.82. The maximum atomic E-state index is 13.5. The highest BCUT2D eigenvalue weighted by Gasteiger charge is 2.37. The first-order chi connectivity index (χ1) is 30.5. The number of carbonyl (C=O) groups excluding carboxylic acids is 5. The molecular weight excluding hydrogens is 881 g/mol. The first kappa shape index (κ1) is 52.2. The molecule has 21 nitrogen and oxygen atoms in total. The van der Waals surface area contributed by atoms with Crippen molar-refractivity contribution in [3.8, 4) is 5.75 Å². The smallest absolute Gasteiger partial charge is 0.413 e. The molecule has 3 heterocycles. The molecule has 4 N–H and O–H groups in total. The number of hydrogen-bond acceptors (Lipinski definition) is 15. The topological polar surface area (TPSA) is 251 Å². The van der Waals surface area contributed by atoms with E-state index in [1.54, 1.807) is 79.6 Å². The van der Waals surface area contributed by atoms with Crippen molar-refractivity contribution < 1.29 is 67.1 Å². The Kier molecular flexibility index (Phi) is 17.1. The molecule has 4 amide bonds. The van der Waals surface area contributed by atoms with Crippen LogP contribution in [-0.4, -0.2) is 116 Å². The van der Waals surface area contributed by atoms with Gasteiger partial charge in [0.2, 0.25) is 11.9 Å². The summed E-state index contributed by atoms with van der Waals surface area (Å²) in [4.78, 5) is 86.9. The van der Waals surface area contributed by atoms with E-state index >= 15 is 0 Å². The molecule has 1 aliphatic heterocycles. The lowest BCUT2D eigenvalue weighted by atomic mass is 10.0. The van der Waals surface area contributed by atoms with Crippen molar-refractivity contribution in [1.82, 2.24) is 19.9 Å². The quantitative estimate of drug-likeness (QED) is 0.0294. The van der Waals surface area contributed by atoms with Gasteiger partial charge in [-0.15, -0.1) is 16.0 Å². The van der Waals surface area contributed by atoms with Gasteiger partial charge in [-0.1, -0.05) is 5.16 Å². The Morgan fingerprint density at radius 2 is 1.45 bits per heavy atom. The highest BCUT2D eigenvalue weighted by Crippen LogP contribution is 2.22.